The Morgan fingerprint density at radius 3 is 2.70 bits per heavy atom. The Bertz CT molecular complexity index is 861. The third-order valence-corrected chi connectivity index (χ3v) is 4.69. The normalized spacial score (nSPS) is 11.9. The molecule has 0 aliphatic rings. The molecule has 3 nitrogen and oxygen atoms in total. The zero-order valence-corrected chi connectivity index (χ0v) is 13.5. The monoisotopic (exact) mass is 357 g/mol. The number of anilines is 2. The highest BCUT2D eigenvalue weighted by molar-refractivity contribution is 7.18. The predicted octanol–water partition coefficient (Wildman–Crippen LogP) is 5.67. The number of benzene rings is 1. The molecule has 0 spiro atoms. The van der Waals surface area contributed by atoms with E-state index >= 15 is 0 Å². The van der Waals surface area contributed by atoms with Gasteiger partial charge in [0.1, 0.15) is 17.0 Å². The molecule has 2 heterocycles. The van der Waals surface area contributed by atoms with Crippen LogP contribution in [-0.4, -0.2) is 9.97 Å². The van der Waals surface area contributed by atoms with E-state index in [2.05, 4.69) is 15.3 Å². The Kier molecular flexibility index (Phi) is 4.16. The predicted molar refractivity (Wildman–Crippen MR) is 86.5 cm³/mol. The molecule has 8 heteroatoms. The number of aromatic nitrogens is 2. The van der Waals surface area contributed by atoms with E-state index in [1.807, 2.05) is 13.0 Å². The van der Waals surface area contributed by atoms with Crippen LogP contribution in [0.1, 0.15) is 17.4 Å². The van der Waals surface area contributed by atoms with E-state index in [1.54, 1.807) is 0 Å². The van der Waals surface area contributed by atoms with Crippen molar-refractivity contribution in [2.24, 2.45) is 0 Å². The summed E-state index contributed by atoms with van der Waals surface area (Å²) in [4.78, 5) is 10.1. The minimum Gasteiger partial charge on any atom is -0.339 e. The Balaban J connectivity index is 2.08. The summed E-state index contributed by atoms with van der Waals surface area (Å²) in [5.74, 6) is 0.346. The molecule has 2 aromatic heterocycles. The Labute approximate surface area is 139 Å². The summed E-state index contributed by atoms with van der Waals surface area (Å²) in [6.45, 7) is 2.01. The molecule has 0 fully saturated rings. The Morgan fingerprint density at radius 2 is 2.00 bits per heavy atom. The van der Waals surface area contributed by atoms with Gasteiger partial charge in [-0.1, -0.05) is 18.5 Å². The summed E-state index contributed by atoms with van der Waals surface area (Å²) in [7, 11) is 0. The molecule has 0 saturated carbocycles. The molecule has 3 aromatic rings. The van der Waals surface area contributed by atoms with Crippen LogP contribution < -0.4 is 5.32 Å². The van der Waals surface area contributed by atoms with Crippen molar-refractivity contribution in [3.63, 3.8) is 0 Å². The van der Waals surface area contributed by atoms with Crippen molar-refractivity contribution >= 4 is 44.7 Å². The summed E-state index contributed by atoms with van der Waals surface area (Å²) in [6.07, 6.45) is -2.35. The molecule has 23 heavy (non-hydrogen) atoms. The van der Waals surface area contributed by atoms with Gasteiger partial charge < -0.3 is 5.32 Å². The van der Waals surface area contributed by atoms with Crippen LogP contribution in [0.5, 0.6) is 0 Å². The van der Waals surface area contributed by atoms with Gasteiger partial charge in [0.25, 0.3) is 0 Å². The highest BCUT2D eigenvalue weighted by atomic mass is 35.5. The van der Waals surface area contributed by atoms with Crippen molar-refractivity contribution in [1.82, 2.24) is 9.97 Å². The molecule has 120 valence electrons. The molecule has 0 aliphatic carbocycles. The van der Waals surface area contributed by atoms with Gasteiger partial charge in [-0.3, -0.25) is 0 Å². The number of alkyl halides is 3. The van der Waals surface area contributed by atoms with E-state index in [0.717, 1.165) is 22.2 Å². The Morgan fingerprint density at radius 1 is 1.22 bits per heavy atom. The molecule has 0 atom stereocenters. The SMILES string of the molecule is CCc1cc2c(Nc3ccc(Cl)cc3C(F)(F)F)ncnc2s1. The van der Waals surface area contributed by atoms with E-state index < -0.39 is 11.7 Å². The van der Waals surface area contributed by atoms with Gasteiger partial charge in [-0.15, -0.1) is 11.3 Å². The standard InChI is InChI=1S/C15H11ClF3N3S/c1-2-9-6-10-13(20-7-21-14(10)23-9)22-12-4-3-8(16)5-11(12)15(17,18)19/h3-7H,2H2,1H3,(H,20,21,22). The number of nitrogens with one attached hydrogen (secondary N) is 1. The number of fused-ring (bicyclic) bond motifs is 1. The van der Waals surface area contributed by atoms with Crippen LogP contribution in [-0.2, 0) is 12.6 Å². The maximum absolute atomic E-state index is 13.2. The van der Waals surface area contributed by atoms with Crippen LogP contribution in [0.15, 0.2) is 30.6 Å². The Hall–Kier alpha value is -1.86. The summed E-state index contributed by atoms with van der Waals surface area (Å²) >= 11 is 7.19. The van der Waals surface area contributed by atoms with E-state index in [0.29, 0.717) is 11.2 Å². The fourth-order valence-electron chi connectivity index (χ4n) is 2.17. The quantitative estimate of drug-likeness (QED) is 0.656. The number of hydrogen-bond acceptors (Lipinski definition) is 4. The number of thiophene rings is 1. The molecule has 0 radical (unpaired) electrons. The minimum absolute atomic E-state index is 0.0273. The second-order valence-electron chi connectivity index (χ2n) is 4.82. The number of nitrogens with zero attached hydrogens (tertiary/aromatic N) is 2. The molecule has 1 N–H and O–H groups in total. The van der Waals surface area contributed by atoms with Crippen molar-refractivity contribution in [2.75, 3.05) is 5.32 Å². The van der Waals surface area contributed by atoms with Crippen molar-refractivity contribution < 1.29 is 13.2 Å². The number of halogens is 4. The molecule has 0 aliphatic heterocycles. The summed E-state index contributed by atoms with van der Waals surface area (Å²) in [6, 6.07) is 5.49. The lowest BCUT2D eigenvalue weighted by molar-refractivity contribution is -0.136. The second-order valence-corrected chi connectivity index (χ2v) is 6.37. The summed E-state index contributed by atoms with van der Waals surface area (Å²) < 4.78 is 39.5. The zero-order valence-electron chi connectivity index (χ0n) is 11.9. The van der Waals surface area contributed by atoms with Crippen LogP contribution in [0.4, 0.5) is 24.7 Å². The molecular weight excluding hydrogens is 347 g/mol. The average Bonchev–Trinajstić information content (AvgIpc) is 2.92. The van der Waals surface area contributed by atoms with Gasteiger partial charge in [0.15, 0.2) is 0 Å². The molecule has 0 saturated heterocycles. The van der Waals surface area contributed by atoms with E-state index in [1.165, 1.54) is 29.8 Å². The fourth-order valence-corrected chi connectivity index (χ4v) is 3.27. The first-order valence-corrected chi connectivity index (χ1v) is 7.95. The lowest BCUT2D eigenvalue weighted by Gasteiger charge is -2.14. The molecule has 1 aromatic carbocycles. The van der Waals surface area contributed by atoms with Gasteiger partial charge in [0.2, 0.25) is 0 Å². The maximum atomic E-state index is 13.2. The van der Waals surface area contributed by atoms with Gasteiger partial charge in [0.05, 0.1) is 16.6 Å². The van der Waals surface area contributed by atoms with Gasteiger partial charge in [-0.2, -0.15) is 13.2 Å². The molecule has 0 amide bonds. The van der Waals surface area contributed by atoms with Crippen LogP contribution in [0.2, 0.25) is 5.02 Å². The molecule has 3 rings (SSSR count). The van der Waals surface area contributed by atoms with Crippen molar-refractivity contribution in [3.8, 4) is 0 Å². The first-order chi connectivity index (χ1) is 10.9. The topological polar surface area (TPSA) is 37.8 Å². The minimum atomic E-state index is -4.51. The van der Waals surface area contributed by atoms with E-state index in [9.17, 15) is 13.2 Å². The van der Waals surface area contributed by atoms with Gasteiger partial charge in [0, 0.05) is 9.90 Å². The van der Waals surface area contributed by atoms with Crippen LogP contribution in [0, 0.1) is 0 Å². The summed E-state index contributed by atoms with van der Waals surface area (Å²) in [5, 5.41) is 3.50. The van der Waals surface area contributed by atoms with Gasteiger partial charge >= 0.3 is 6.18 Å². The smallest absolute Gasteiger partial charge is 0.339 e. The maximum Gasteiger partial charge on any atom is 0.418 e. The lowest BCUT2D eigenvalue weighted by atomic mass is 10.1. The number of rotatable bonds is 3. The van der Waals surface area contributed by atoms with Crippen LogP contribution >= 0.6 is 22.9 Å². The van der Waals surface area contributed by atoms with Crippen molar-refractivity contribution in [2.45, 2.75) is 19.5 Å². The number of aryl methyl sites for hydroxylation is 1. The highest BCUT2D eigenvalue weighted by Crippen LogP contribution is 2.38. The highest BCUT2D eigenvalue weighted by Gasteiger charge is 2.34. The van der Waals surface area contributed by atoms with Crippen molar-refractivity contribution in [1.29, 1.82) is 0 Å². The van der Waals surface area contributed by atoms with Crippen molar-refractivity contribution in [3.05, 3.63) is 46.1 Å². The zero-order chi connectivity index (χ0) is 16.6. The first-order valence-electron chi connectivity index (χ1n) is 6.75. The van der Waals surface area contributed by atoms with Gasteiger partial charge in [-0.25, -0.2) is 9.97 Å². The first kappa shape index (κ1) is 16.0. The number of hydrogen-bond donors (Lipinski definition) is 1. The molecule has 0 bridgehead atoms. The van der Waals surface area contributed by atoms with Crippen LogP contribution in [0.25, 0.3) is 10.2 Å². The third kappa shape index (κ3) is 3.25. The fraction of sp³-hybridized carbons (Fsp3) is 0.200. The van der Waals surface area contributed by atoms with Gasteiger partial charge in [-0.05, 0) is 30.7 Å². The second kappa shape index (κ2) is 5.98. The van der Waals surface area contributed by atoms with E-state index in [4.69, 9.17) is 11.6 Å². The lowest BCUT2D eigenvalue weighted by Crippen LogP contribution is -2.09. The van der Waals surface area contributed by atoms with E-state index in [-0.39, 0.29) is 10.7 Å². The average molecular weight is 358 g/mol. The largest absolute Gasteiger partial charge is 0.418 e. The summed E-state index contributed by atoms with van der Waals surface area (Å²) in [5.41, 5.74) is -0.922. The third-order valence-electron chi connectivity index (χ3n) is 3.27. The molecule has 0 unspecified atom stereocenters. The molecular formula is C15H11ClF3N3S. The van der Waals surface area contributed by atoms with Crippen LogP contribution in [0.3, 0.4) is 0 Å².